The van der Waals surface area contributed by atoms with E-state index < -0.39 is 0 Å². The zero-order valence-corrected chi connectivity index (χ0v) is 10.9. The molecule has 1 aliphatic carbocycles. The third-order valence-corrected chi connectivity index (χ3v) is 3.39. The van der Waals surface area contributed by atoms with E-state index in [2.05, 4.69) is 46.9 Å². The first kappa shape index (κ1) is 12.9. The largest absolute Gasteiger partial charge is 0.355 e. The van der Waals surface area contributed by atoms with E-state index >= 15 is 0 Å². The molecule has 1 aromatic rings. The lowest BCUT2D eigenvalue weighted by Gasteiger charge is -2.28. The molecule has 0 heterocycles. The summed E-state index contributed by atoms with van der Waals surface area (Å²) >= 11 is 0. The van der Waals surface area contributed by atoms with Crippen molar-refractivity contribution in [1.82, 2.24) is 10.7 Å². The highest BCUT2D eigenvalue weighted by Gasteiger charge is 2.24. The second-order valence-electron chi connectivity index (χ2n) is 4.71. The van der Waals surface area contributed by atoms with E-state index in [-0.39, 0.29) is 0 Å². The summed E-state index contributed by atoms with van der Waals surface area (Å²) in [5.74, 6) is 6.71. The lowest BCUT2D eigenvalue weighted by atomic mass is 9.78. The maximum absolute atomic E-state index is 5.45. The molecule has 0 amide bonds. The second kappa shape index (κ2) is 6.40. The van der Waals surface area contributed by atoms with Gasteiger partial charge in [-0.05, 0) is 24.0 Å². The lowest BCUT2D eigenvalue weighted by molar-refractivity contribution is 0.613. The maximum Gasteiger partial charge on any atom is 0.205 e. The van der Waals surface area contributed by atoms with Gasteiger partial charge in [-0.25, -0.2) is 5.84 Å². The summed E-state index contributed by atoms with van der Waals surface area (Å²) in [7, 11) is 0. The Bertz CT molecular complexity index is 414. The molecule has 0 fully saturated rings. The Balaban J connectivity index is 1.83. The molecule has 4 heteroatoms. The Kier molecular flexibility index (Phi) is 4.59. The zero-order valence-electron chi connectivity index (χ0n) is 10.9. The minimum absolute atomic E-state index is 0.553. The van der Waals surface area contributed by atoms with Crippen molar-refractivity contribution in [3.8, 4) is 0 Å². The number of unbranched alkanes of at least 4 members (excludes halogenated alkanes) is 1. The van der Waals surface area contributed by atoms with E-state index in [1.54, 1.807) is 0 Å². The number of nitrogens with two attached hydrogens (primary N) is 1. The fourth-order valence-electron chi connectivity index (χ4n) is 2.26. The van der Waals surface area contributed by atoms with Gasteiger partial charge < -0.3 is 5.32 Å². The molecule has 4 nitrogen and oxygen atoms in total. The van der Waals surface area contributed by atoms with Crippen LogP contribution in [0.3, 0.4) is 0 Å². The van der Waals surface area contributed by atoms with E-state index in [0.717, 1.165) is 25.9 Å². The summed E-state index contributed by atoms with van der Waals surface area (Å²) in [4.78, 5) is 4.50. The number of hydrogen-bond acceptors (Lipinski definition) is 2. The Morgan fingerprint density at radius 1 is 1.44 bits per heavy atom. The first-order chi connectivity index (χ1) is 8.85. The molecule has 18 heavy (non-hydrogen) atoms. The van der Waals surface area contributed by atoms with Crippen molar-refractivity contribution in [3.05, 3.63) is 35.4 Å². The van der Waals surface area contributed by atoms with Crippen LogP contribution in [-0.4, -0.2) is 19.0 Å². The van der Waals surface area contributed by atoms with Gasteiger partial charge in [-0.1, -0.05) is 37.6 Å². The van der Waals surface area contributed by atoms with Crippen LogP contribution in [0.5, 0.6) is 0 Å². The third-order valence-electron chi connectivity index (χ3n) is 3.39. The van der Waals surface area contributed by atoms with E-state index in [0.29, 0.717) is 11.9 Å². The summed E-state index contributed by atoms with van der Waals surface area (Å²) in [6, 6.07) is 8.57. The van der Waals surface area contributed by atoms with E-state index in [1.165, 1.54) is 17.5 Å². The summed E-state index contributed by atoms with van der Waals surface area (Å²) in [6.45, 7) is 3.89. The van der Waals surface area contributed by atoms with Crippen LogP contribution in [0.1, 0.15) is 36.8 Å². The number of nitrogens with zero attached hydrogens (tertiary/aromatic N) is 1. The van der Waals surface area contributed by atoms with E-state index in [9.17, 15) is 0 Å². The average molecular weight is 246 g/mol. The van der Waals surface area contributed by atoms with Gasteiger partial charge in [-0.15, -0.1) is 0 Å². The highest BCUT2D eigenvalue weighted by molar-refractivity contribution is 5.79. The number of rotatable bonds is 5. The molecular formula is C14H22N4. The number of aliphatic imine (C=N–C) groups is 1. The van der Waals surface area contributed by atoms with Crippen molar-refractivity contribution in [1.29, 1.82) is 0 Å². The third kappa shape index (κ3) is 3.01. The first-order valence-corrected chi connectivity index (χ1v) is 6.68. The first-order valence-electron chi connectivity index (χ1n) is 6.68. The van der Waals surface area contributed by atoms with Crippen molar-refractivity contribution in [2.75, 3.05) is 13.1 Å². The Morgan fingerprint density at radius 3 is 3.00 bits per heavy atom. The van der Waals surface area contributed by atoms with Crippen LogP contribution < -0.4 is 16.6 Å². The van der Waals surface area contributed by atoms with Gasteiger partial charge in [0.2, 0.25) is 5.96 Å². The highest BCUT2D eigenvalue weighted by Crippen LogP contribution is 2.34. The summed E-state index contributed by atoms with van der Waals surface area (Å²) in [5.41, 5.74) is 5.52. The van der Waals surface area contributed by atoms with Crippen LogP contribution in [0.2, 0.25) is 0 Å². The summed E-state index contributed by atoms with van der Waals surface area (Å²) < 4.78 is 0. The summed E-state index contributed by atoms with van der Waals surface area (Å²) in [5, 5.41) is 3.21. The number of guanidine groups is 1. The van der Waals surface area contributed by atoms with Crippen LogP contribution in [0.15, 0.2) is 29.3 Å². The van der Waals surface area contributed by atoms with Crippen molar-refractivity contribution in [2.24, 2.45) is 10.8 Å². The molecule has 0 aromatic heterocycles. The van der Waals surface area contributed by atoms with Gasteiger partial charge >= 0.3 is 0 Å². The van der Waals surface area contributed by atoms with Gasteiger partial charge in [-0.3, -0.25) is 10.4 Å². The highest BCUT2D eigenvalue weighted by atomic mass is 15.3. The minimum atomic E-state index is 0.553. The average Bonchev–Trinajstić information content (AvgIpc) is 2.38. The molecule has 98 valence electrons. The number of nitrogens with one attached hydrogen (secondary N) is 2. The van der Waals surface area contributed by atoms with Gasteiger partial charge in [0, 0.05) is 19.0 Å². The maximum atomic E-state index is 5.45. The molecule has 0 radical (unpaired) electrons. The van der Waals surface area contributed by atoms with Crippen LogP contribution >= 0.6 is 0 Å². The fourth-order valence-corrected chi connectivity index (χ4v) is 2.26. The molecular weight excluding hydrogens is 224 g/mol. The molecule has 0 aliphatic heterocycles. The Hall–Kier alpha value is -1.55. The Labute approximate surface area is 109 Å². The smallest absolute Gasteiger partial charge is 0.205 e. The molecule has 2 rings (SSSR count). The fraction of sp³-hybridized carbons (Fsp3) is 0.500. The lowest BCUT2D eigenvalue weighted by Crippen LogP contribution is -2.42. The molecule has 0 bridgehead atoms. The molecule has 0 saturated carbocycles. The number of benzene rings is 1. The van der Waals surface area contributed by atoms with Crippen LogP contribution in [0.25, 0.3) is 0 Å². The molecule has 1 aliphatic rings. The molecule has 1 unspecified atom stereocenters. The van der Waals surface area contributed by atoms with Gasteiger partial charge in [0.25, 0.3) is 0 Å². The molecule has 1 aromatic carbocycles. The standard InChI is InChI=1S/C14H22N4/c1-2-3-8-16-14(18-15)17-10-12-9-11-6-4-5-7-13(11)12/h4-7,12H,2-3,8-10,15H2,1H3,(H2,16,17,18). The second-order valence-corrected chi connectivity index (χ2v) is 4.71. The topological polar surface area (TPSA) is 62.4 Å². The molecule has 0 spiro atoms. The SMILES string of the molecule is CCCCNC(=NCC1Cc2ccccc21)NN. The normalized spacial score (nSPS) is 17.9. The predicted molar refractivity (Wildman–Crippen MR) is 75.4 cm³/mol. The number of hydrogen-bond donors (Lipinski definition) is 3. The number of hydrazine groups is 1. The van der Waals surface area contributed by atoms with Crippen molar-refractivity contribution < 1.29 is 0 Å². The molecule has 0 saturated heterocycles. The minimum Gasteiger partial charge on any atom is -0.355 e. The van der Waals surface area contributed by atoms with Gasteiger partial charge in [-0.2, -0.15) is 0 Å². The van der Waals surface area contributed by atoms with Crippen molar-refractivity contribution >= 4 is 5.96 Å². The number of fused-ring (bicyclic) bond motifs is 1. The van der Waals surface area contributed by atoms with Crippen LogP contribution in [0, 0.1) is 0 Å². The van der Waals surface area contributed by atoms with Gasteiger partial charge in [0.1, 0.15) is 0 Å². The van der Waals surface area contributed by atoms with Crippen LogP contribution in [0.4, 0.5) is 0 Å². The summed E-state index contributed by atoms with van der Waals surface area (Å²) in [6.07, 6.45) is 3.43. The quantitative estimate of drug-likeness (QED) is 0.243. The predicted octanol–water partition coefficient (Wildman–Crippen LogP) is 1.54. The Morgan fingerprint density at radius 2 is 2.28 bits per heavy atom. The monoisotopic (exact) mass is 246 g/mol. The molecule has 4 N–H and O–H groups in total. The van der Waals surface area contributed by atoms with Crippen LogP contribution in [-0.2, 0) is 6.42 Å². The van der Waals surface area contributed by atoms with E-state index in [1.807, 2.05) is 0 Å². The van der Waals surface area contributed by atoms with Crippen molar-refractivity contribution in [2.45, 2.75) is 32.1 Å². The zero-order chi connectivity index (χ0) is 12.8. The van der Waals surface area contributed by atoms with E-state index in [4.69, 9.17) is 5.84 Å². The van der Waals surface area contributed by atoms with Gasteiger partial charge in [0.15, 0.2) is 0 Å². The van der Waals surface area contributed by atoms with Gasteiger partial charge in [0.05, 0.1) is 0 Å². The van der Waals surface area contributed by atoms with Crippen molar-refractivity contribution in [3.63, 3.8) is 0 Å². The molecule has 1 atom stereocenters.